The van der Waals surface area contributed by atoms with E-state index in [1.807, 2.05) is 49.4 Å². The van der Waals surface area contributed by atoms with Gasteiger partial charge in [-0.1, -0.05) is 54.6 Å². The van der Waals surface area contributed by atoms with Crippen molar-refractivity contribution >= 4 is 11.4 Å². The molecule has 0 saturated heterocycles. The first-order valence-electron chi connectivity index (χ1n) is 7.95. The average Bonchev–Trinajstić information content (AvgIpc) is 2.96. The highest BCUT2D eigenvalue weighted by Gasteiger charge is 2.30. The molecule has 4 heteroatoms. The van der Waals surface area contributed by atoms with Crippen molar-refractivity contribution in [2.24, 2.45) is 0 Å². The summed E-state index contributed by atoms with van der Waals surface area (Å²) in [5, 5.41) is 12.8. The molecule has 1 aromatic heterocycles. The standard InChI is InChI=1S/C20H16N2O2/c1-2-21-17-13-15-11-7-4-8-12-16(15)22(17)18(20(21)24)19(23)14-9-5-3-6-10-14/h3-13H,2H2,1H3. The number of nitrogens with zero attached hydrogens (tertiary/aromatic N) is 2. The van der Waals surface area contributed by atoms with E-state index in [0.29, 0.717) is 12.1 Å². The fourth-order valence-electron chi connectivity index (χ4n) is 3.20. The summed E-state index contributed by atoms with van der Waals surface area (Å²) in [4.78, 5) is 13.0. The summed E-state index contributed by atoms with van der Waals surface area (Å²) in [6, 6.07) is 20.6. The monoisotopic (exact) mass is 316 g/mol. The molecule has 0 atom stereocenters. The molecule has 4 nitrogen and oxygen atoms in total. The number of ketones is 1. The molecular formula is C20H16N2O2. The summed E-state index contributed by atoms with van der Waals surface area (Å²) in [7, 11) is 0. The second-order valence-electron chi connectivity index (χ2n) is 5.68. The Morgan fingerprint density at radius 2 is 1.71 bits per heavy atom. The van der Waals surface area contributed by atoms with Crippen LogP contribution in [0.3, 0.4) is 0 Å². The van der Waals surface area contributed by atoms with Crippen LogP contribution < -0.4 is 9.51 Å². The Morgan fingerprint density at radius 3 is 2.42 bits per heavy atom. The molecule has 0 saturated carbocycles. The van der Waals surface area contributed by atoms with Crippen LogP contribution in [0.2, 0.25) is 0 Å². The third-order valence-corrected chi connectivity index (χ3v) is 4.32. The van der Waals surface area contributed by atoms with Crippen LogP contribution in [0, 0.1) is 0 Å². The topological polar surface area (TPSA) is 49.2 Å². The number of aryl methyl sites for hydroxylation is 1. The molecule has 2 aliphatic rings. The Morgan fingerprint density at radius 1 is 1.04 bits per heavy atom. The van der Waals surface area contributed by atoms with E-state index in [2.05, 4.69) is 0 Å². The lowest BCUT2D eigenvalue weighted by Crippen LogP contribution is -2.28. The lowest BCUT2D eigenvalue weighted by Gasteiger charge is -2.05. The molecule has 1 aromatic carbocycles. The zero-order valence-corrected chi connectivity index (χ0v) is 13.3. The maximum atomic E-state index is 13.0. The smallest absolute Gasteiger partial charge is 0.287 e. The molecular weight excluding hydrogens is 300 g/mol. The molecule has 24 heavy (non-hydrogen) atoms. The van der Waals surface area contributed by atoms with Crippen molar-refractivity contribution < 1.29 is 14.3 Å². The minimum absolute atomic E-state index is 0.194. The van der Waals surface area contributed by atoms with Crippen LogP contribution in [-0.2, 0) is 6.54 Å². The van der Waals surface area contributed by atoms with E-state index in [1.54, 1.807) is 33.2 Å². The molecule has 0 N–H and O–H groups in total. The van der Waals surface area contributed by atoms with Crippen LogP contribution in [0.4, 0.5) is 0 Å². The third-order valence-electron chi connectivity index (χ3n) is 4.32. The quantitative estimate of drug-likeness (QED) is 0.431. The zero-order chi connectivity index (χ0) is 16.7. The largest absolute Gasteiger partial charge is 0.839 e. The molecule has 2 aromatic rings. The van der Waals surface area contributed by atoms with Gasteiger partial charge >= 0.3 is 0 Å². The molecule has 118 valence electrons. The molecule has 0 spiro atoms. The highest BCUT2D eigenvalue weighted by atomic mass is 16.3. The van der Waals surface area contributed by atoms with Gasteiger partial charge in [-0.05, 0) is 13.0 Å². The summed E-state index contributed by atoms with van der Waals surface area (Å²) in [5.41, 5.74) is 3.33. The zero-order valence-electron chi connectivity index (χ0n) is 13.3. The van der Waals surface area contributed by atoms with Gasteiger partial charge in [0, 0.05) is 17.2 Å². The highest BCUT2D eigenvalue weighted by molar-refractivity contribution is 6.08. The first-order valence-corrected chi connectivity index (χ1v) is 7.95. The third kappa shape index (κ3) is 2.00. The van der Waals surface area contributed by atoms with E-state index in [0.717, 1.165) is 16.9 Å². The number of aromatic nitrogens is 2. The molecule has 1 aliphatic heterocycles. The second kappa shape index (κ2) is 5.49. The van der Waals surface area contributed by atoms with Crippen LogP contribution in [0.1, 0.15) is 23.0 Å². The predicted molar refractivity (Wildman–Crippen MR) is 89.2 cm³/mol. The maximum Gasteiger partial charge on any atom is 0.287 e. The predicted octanol–water partition coefficient (Wildman–Crippen LogP) is 2.66. The van der Waals surface area contributed by atoms with Gasteiger partial charge in [0.2, 0.25) is 11.5 Å². The Balaban J connectivity index is 2.08. The van der Waals surface area contributed by atoms with Gasteiger partial charge in [-0.3, -0.25) is 4.79 Å². The normalized spacial score (nSPS) is 11.2. The van der Waals surface area contributed by atoms with Crippen molar-refractivity contribution in [3.05, 3.63) is 78.0 Å². The first-order chi connectivity index (χ1) is 11.7. The number of rotatable bonds is 3. The van der Waals surface area contributed by atoms with Crippen molar-refractivity contribution in [3.8, 4) is 17.1 Å². The van der Waals surface area contributed by atoms with Gasteiger partial charge in [0.25, 0.3) is 5.65 Å². The summed E-state index contributed by atoms with van der Waals surface area (Å²) in [6.45, 7) is 2.43. The molecule has 0 amide bonds. The highest BCUT2D eigenvalue weighted by Crippen LogP contribution is 2.27. The minimum Gasteiger partial charge on any atom is -0.839 e. The van der Waals surface area contributed by atoms with E-state index >= 15 is 0 Å². The van der Waals surface area contributed by atoms with E-state index in [4.69, 9.17) is 0 Å². The minimum atomic E-state index is -0.248. The number of carbonyl (C=O) groups excluding carboxylic acids is 1. The number of hydrogen-bond donors (Lipinski definition) is 0. The van der Waals surface area contributed by atoms with Crippen LogP contribution in [-0.4, -0.2) is 10.4 Å². The lowest BCUT2D eigenvalue weighted by molar-refractivity contribution is -0.500. The Kier molecular flexibility index (Phi) is 3.31. The molecule has 0 unspecified atom stereocenters. The Hall–Kier alpha value is -3.14. The molecule has 4 rings (SSSR count). The van der Waals surface area contributed by atoms with Gasteiger partial charge in [0.1, 0.15) is 11.6 Å². The number of fused-ring (bicyclic) bond motifs is 3. The van der Waals surface area contributed by atoms with Crippen molar-refractivity contribution in [1.82, 2.24) is 4.57 Å². The van der Waals surface area contributed by atoms with Crippen LogP contribution in [0.25, 0.3) is 16.9 Å². The number of carbonyl (C=O) groups is 1. The maximum absolute atomic E-state index is 13.0. The van der Waals surface area contributed by atoms with Gasteiger partial charge in [-0.25, -0.2) is 4.57 Å². The fourth-order valence-corrected chi connectivity index (χ4v) is 3.20. The number of imidazole rings is 1. The Labute approximate surface area is 139 Å². The van der Waals surface area contributed by atoms with Gasteiger partial charge in [0.15, 0.2) is 0 Å². The van der Waals surface area contributed by atoms with Crippen LogP contribution in [0.5, 0.6) is 5.88 Å². The van der Waals surface area contributed by atoms with Crippen molar-refractivity contribution in [2.75, 3.05) is 0 Å². The van der Waals surface area contributed by atoms with Crippen molar-refractivity contribution in [3.63, 3.8) is 0 Å². The SMILES string of the molecule is CCn1c([O-])c(C(=O)c2ccccc2)[n+]2c3cccccc-3cc12. The summed E-state index contributed by atoms with van der Waals surface area (Å²) >= 11 is 0. The average molecular weight is 316 g/mol. The molecule has 1 aliphatic carbocycles. The van der Waals surface area contributed by atoms with Gasteiger partial charge in [-0.2, -0.15) is 4.40 Å². The second-order valence-corrected chi connectivity index (χ2v) is 5.68. The fraction of sp³-hybridized carbons (Fsp3) is 0.100. The molecule has 0 fully saturated rings. The van der Waals surface area contributed by atoms with E-state index in [-0.39, 0.29) is 17.4 Å². The van der Waals surface area contributed by atoms with Gasteiger partial charge in [-0.15, -0.1) is 0 Å². The van der Waals surface area contributed by atoms with Gasteiger partial charge in [0.05, 0.1) is 6.54 Å². The lowest BCUT2D eigenvalue weighted by atomic mass is 10.1. The van der Waals surface area contributed by atoms with E-state index in [9.17, 15) is 9.90 Å². The summed E-state index contributed by atoms with van der Waals surface area (Å²) in [5.74, 6) is -0.489. The van der Waals surface area contributed by atoms with E-state index in [1.165, 1.54) is 0 Å². The van der Waals surface area contributed by atoms with Crippen LogP contribution in [0.15, 0.2) is 66.7 Å². The molecule has 2 heterocycles. The number of hydrogen-bond acceptors (Lipinski definition) is 2. The number of benzene rings is 1. The van der Waals surface area contributed by atoms with E-state index < -0.39 is 0 Å². The summed E-state index contributed by atoms with van der Waals surface area (Å²) < 4.78 is 3.44. The van der Waals surface area contributed by atoms with Crippen LogP contribution >= 0.6 is 0 Å². The first kappa shape index (κ1) is 14.5. The summed E-state index contributed by atoms with van der Waals surface area (Å²) in [6.07, 6.45) is 0. The van der Waals surface area contributed by atoms with Gasteiger partial charge < -0.3 is 5.11 Å². The molecule has 0 radical (unpaired) electrons. The van der Waals surface area contributed by atoms with Crippen molar-refractivity contribution in [2.45, 2.75) is 13.5 Å². The Bertz CT molecular complexity index is 1020. The van der Waals surface area contributed by atoms with Crippen molar-refractivity contribution in [1.29, 1.82) is 0 Å². The molecule has 0 bridgehead atoms.